The lowest BCUT2D eigenvalue weighted by Crippen LogP contribution is -2.48. The summed E-state index contributed by atoms with van der Waals surface area (Å²) in [4.78, 5) is 29.8. The molecule has 7 heteroatoms. The van der Waals surface area contributed by atoms with Crippen molar-refractivity contribution in [3.05, 3.63) is 84.4 Å². The van der Waals surface area contributed by atoms with Gasteiger partial charge in [-0.1, -0.05) is 24.3 Å². The number of amides is 3. The zero-order chi connectivity index (χ0) is 23.9. The van der Waals surface area contributed by atoms with Crippen LogP contribution in [0, 0.1) is 0 Å². The van der Waals surface area contributed by atoms with Crippen molar-refractivity contribution in [1.82, 2.24) is 4.90 Å². The topological polar surface area (TPSA) is 76.7 Å². The minimum Gasteiger partial charge on any atom is -0.369 e. The van der Waals surface area contributed by atoms with Gasteiger partial charge in [0.15, 0.2) is 0 Å². The van der Waals surface area contributed by atoms with Crippen LogP contribution < -0.4 is 20.9 Å². The van der Waals surface area contributed by atoms with Gasteiger partial charge in [0.25, 0.3) is 5.91 Å². The number of carbonyl (C=O) groups is 2. The van der Waals surface area contributed by atoms with E-state index in [2.05, 4.69) is 39.6 Å². The molecule has 0 atom stereocenters. The van der Waals surface area contributed by atoms with Gasteiger partial charge >= 0.3 is 6.03 Å². The van der Waals surface area contributed by atoms with E-state index in [0.29, 0.717) is 28.7 Å². The Hall–Kier alpha value is -3.84. The minimum absolute atomic E-state index is 0.193. The van der Waals surface area contributed by atoms with Gasteiger partial charge in [-0.3, -0.25) is 9.69 Å². The minimum atomic E-state index is -0.348. The molecule has 7 nitrogen and oxygen atoms in total. The molecular formula is C27H31N5O2. The van der Waals surface area contributed by atoms with Crippen LogP contribution in [0.4, 0.5) is 27.5 Å². The summed E-state index contributed by atoms with van der Waals surface area (Å²) in [6.07, 6.45) is 0. The Bertz CT molecular complexity index is 1110. The maximum absolute atomic E-state index is 12.8. The lowest BCUT2D eigenvalue weighted by atomic mass is 10.1. The standard InChI is InChI=1S/C27H31N5O2/c1-20(2)31-15-17-32(18-16-31)25-13-11-21(12-14-25)26(33)28-23-9-6-10-24(19-23)30-27(34)29-22-7-4-3-5-8-22/h3-14,19-20H,15-18H2,1-2H3,(H,28,33)(H2,29,30,34). The van der Waals surface area contributed by atoms with Crippen LogP contribution in [0.1, 0.15) is 24.2 Å². The summed E-state index contributed by atoms with van der Waals surface area (Å²) in [5.41, 5.74) is 3.62. The second kappa shape index (κ2) is 10.9. The quantitative estimate of drug-likeness (QED) is 0.481. The average molecular weight is 458 g/mol. The van der Waals surface area contributed by atoms with Crippen molar-refractivity contribution in [3.8, 4) is 0 Å². The van der Waals surface area contributed by atoms with Crippen molar-refractivity contribution in [2.75, 3.05) is 47.0 Å². The van der Waals surface area contributed by atoms with E-state index in [1.54, 1.807) is 24.3 Å². The first kappa shape index (κ1) is 23.3. The zero-order valence-corrected chi connectivity index (χ0v) is 19.6. The molecule has 176 valence electrons. The molecule has 0 spiro atoms. The van der Waals surface area contributed by atoms with Gasteiger partial charge in [-0.25, -0.2) is 4.79 Å². The van der Waals surface area contributed by atoms with Crippen molar-refractivity contribution in [2.45, 2.75) is 19.9 Å². The van der Waals surface area contributed by atoms with Crippen LogP contribution in [0.25, 0.3) is 0 Å². The van der Waals surface area contributed by atoms with Gasteiger partial charge in [-0.2, -0.15) is 0 Å². The van der Waals surface area contributed by atoms with Crippen molar-refractivity contribution < 1.29 is 9.59 Å². The molecule has 4 rings (SSSR count). The molecule has 34 heavy (non-hydrogen) atoms. The Balaban J connectivity index is 1.32. The molecule has 3 N–H and O–H groups in total. The molecule has 3 amide bonds. The summed E-state index contributed by atoms with van der Waals surface area (Å²) in [6, 6.07) is 24.2. The summed E-state index contributed by atoms with van der Waals surface area (Å²) in [5.74, 6) is -0.193. The van der Waals surface area contributed by atoms with Crippen molar-refractivity contribution in [2.24, 2.45) is 0 Å². The Morgan fingerprint density at radius 2 is 1.29 bits per heavy atom. The van der Waals surface area contributed by atoms with E-state index in [9.17, 15) is 9.59 Å². The second-order valence-corrected chi connectivity index (χ2v) is 8.64. The number of nitrogens with one attached hydrogen (secondary N) is 3. The summed E-state index contributed by atoms with van der Waals surface area (Å²) < 4.78 is 0. The molecule has 3 aromatic rings. The predicted molar refractivity (Wildman–Crippen MR) is 139 cm³/mol. The van der Waals surface area contributed by atoms with Crippen LogP contribution in [0.3, 0.4) is 0 Å². The fraction of sp³-hybridized carbons (Fsp3) is 0.259. The molecular weight excluding hydrogens is 426 g/mol. The van der Waals surface area contributed by atoms with Gasteiger partial charge in [0, 0.05) is 60.5 Å². The van der Waals surface area contributed by atoms with E-state index >= 15 is 0 Å². The number of hydrogen-bond donors (Lipinski definition) is 3. The number of piperazine rings is 1. The molecule has 1 fully saturated rings. The largest absolute Gasteiger partial charge is 0.369 e. The number of benzene rings is 3. The highest BCUT2D eigenvalue weighted by Gasteiger charge is 2.19. The van der Waals surface area contributed by atoms with Gasteiger partial charge < -0.3 is 20.9 Å². The molecule has 0 aliphatic carbocycles. The van der Waals surface area contributed by atoms with Crippen LogP contribution in [-0.2, 0) is 0 Å². The third kappa shape index (κ3) is 6.14. The first-order valence-corrected chi connectivity index (χ1v) is 11.6. The fourth-order valence-corrected chi connectivity index (χ4v) is 4.01. The predicted octanol–water partition coefficient (Wildman–Crippen LogP) is 5.11. The van der Waals surface area contributed by atoms with Crippen molar-refractivity contribution in [1.29, 1.82) is 0 Å². The van der Waals surface area contributed by atoms with Crippen LogP contribution >= 0.6 is 0 Å². The highest BCUT2D eigenvalue weighted by Crippen LogP contribution is 2.20. The summed E-state index contributed by atoms with van der Waals surface area (Å²) >= 11 is 0. The van der Waals surface area contributed by atoms with Gasteiger partial charge in [-0.15, -0.1) is 0 Å². The molecule has 1 aliphatic rings. The molecule has 1 heterocycles. The fourth-order valence-electron chi connectivity index (χ4n) is 4.01. The normalized spacial score (nSPS) is 14.0. The van der Waals surface area contributed by atoms with E-state index in [1.807, 2.05) is 54.6 Å². The average Bonchev–Trinajstić information content (AvgIpc) is 2.85. The Kier molecular flexibility index (Phi) is 7.44. The number of para-hydroxylation sites is 1. The van der Waals surface area contributed by atoms with Gasteiger partial charge in [0.1, 0.15) is 0 Å². The van der Waals surface area contributed by atoms with Crippen molar-refractivity contribution >= 4 is 34.7 Å². The lowest BCUT2D eigenvalue weighted by molar-refractivity contribution is 0.102. The van der Waals surface area contributed by atoms with Gasteiger partial charge in [0.05, 0.1) is 0 Å². The third-order valence-corrected chi connectivity index (χ3v) is 5.95. The van der Waals surface area contributed by atoms with E-state index < -0.39 is 0 Å². The van der Waals surface area contributed by atoms with E-state index in [-0.39, 0.29) is 11.9 Å². The van der Waals surface area contributed by atoms with E-state index in [1.165, 1.54) is 0 Å². The Morgan fingerprint density at radius 3 is 1.94 bits per heavy atom. The molecule has 1 aliphatic heterocycles. The Morgan fingerprint density at radius 1 is 0.706 bits per heavy atom. The molecule has 0 radical (unpaired) electrons. The first-order chi connectivity index (χ1) is 16.5. The SMILES string of the molecule is CC(C)N1CCN(c2ccc(C(=O)Nc3cccc(NC(=O)Nc4ccccc4)c3)cc2)CC1. The molecule has 3 aromatic carbocycles. The number of anilines is 4. The van der Waals surface area contributed by atoms with Crippen molar-refractivity contribution in [3.63, 3.8) is 0 Å². The second-order valence-electron chi connectivity index (χ2n) is 8.64. The maximum Gasteiger partial charge on any atom is 0.323 e. The van der Waals surface area contributed by atoms with E-state index in [0.717, 1.165) is 31.9 Å². The first-order valence-electron chi connectivity index (χ1n) is 11.6. The van der Waals surface area contributed by atoms with Gasteiger partial charge in [-0.05, 0) is 68.4 Å². The highest BCUT2D eigenvalue weighted by atomic mass is 16.2. The number of carbonyl (C=O) groups excluding carboxylic acids is 2. The molecule has 1 saturated heterocycles. The highest BCUT2D eigenvalue weighted by molar-refractivity contribution is 6.05. The van der Waals surface area contributed by atoms with Crippen LogP contribution in [-0.4, -0.2) is 49.1 Å². The summed E-state index contributed by atoms with van der Waals surface area (Å²) in [5, 5.41) is 8.47. The summed E-state index contributed by atoms with van der Waals surface area (Å²) in [6.45, 7) is 8.53. The van der Waals surface area contributed by atoms with Crippen LogP contribution in [0.15, 0.2) is 78.9 Å². The van der Waals surface area contributed by atoms with Crippen LogP contribution in [0.5, 0.6) is 0 Å². The van der Waals surface area contributed by atoms with E-state index in [4.69, 9.17) is 0 Å². The zero-order valence-electron chi connectivity index (χ0n) is 19.6. The number of urea groups is 1. The maximum atomic E-state index is 12.8. The smallest absolute Gasteiger partial charge is 0.323 e. The number of hydrogen-bond acceptors (Lipinski definition) is 4. The monoisotopic (exact) mass is 457 g/mol. The molecule has 0 aromatic heterocycles. The molecule has 0 unspecified atom stereocenters. The number of rotatable bonds is 6. The molecule has 0 bridgehead atoms. The van der Waals surface area contributed by atoms with Crippen LogP contribution in [0.2, 0.25) is 0 Å². The summed E-state index contributed by atoms with van der Waals surface area (Å²) in [7, 11) is 0. The number of nitrogens with zero attached hydrogens (tertiary/aromatic N) is 2. The lowest BCUT2D eigenvalue weighted by Gasteiger charge is -2.38. The van der Waals surface area contributed by atoms with Gasteiger partial charge in [0.2, 0.25) is 0 Å². The Labute approximate surface area is 200 Å². The third-order valence-electron chi connectivity index (χ3n) is 5.95. The molecule has 0 saturated carbocycles.